The Labute approximate surface area is 207 Å². The van der Waals surface area contributed by atoms with Gasteiger partial charge in [0.2, 0.25) is 0 Å². The van der Waals surface area contributed by atoms with E-state index in [1.807, 2.05) is 0 Å². The van der Waals surface area contributed by atoms with Gasteiger partial charge in [0.15, 0.2) is 0 Å². The number of unbranched alkanes of at least 4 members (excludes halogenated alkanes) is 12. The Morgan fingerprint density at radius 2 is 1.24 bits per heavy atom. The highest BCUT2D eigenvalue weighted by molar-refractivity contribution is 5.78. The van der Waals surface area contributed by atoms with Crippen molar-refractivity contribution in [3.63, 3.8) is 0 Å². The van der Waals surface area contributed by atoms with Crippen LogP contribution in [-0.2, 0) is 4.79 Å². The van der Waals surface area contributed by atoms with Crippen LogP contribution in [0.2, 0.25) is 0 Å². The van der Waals surface area contributed by atoms with E-state index in [-0.39, 0.29) is 0 Å². The fourth-order valence-electron chi connectivity index (χ4n) is 4.94. The maximum absolute atomic E-state index is 12.7. The lowest BCUT2D eigenvalue weighted by Crippen LogP contribution is -2.11. The van der Waals surface area contributed by atoms with Crippen LogP contribution in [0.4, 0.5) is 0 Å². The molecule has 1 rings (SSSR count). The van der Waals surface area contributed by atoms with Crippen molar-refractivity contribution in [2.75, 3.05) is 0 Å². The molecule has 1 aliphatic rings. The number of ketones is 1. The molecule has 0 N–H and O–H groups in total. The Balaban J connectivity index is 2.20. The molecular weight excluding hydrogens is 400 g/mol. The summed E-state index contributed by atoms with van der Waals surface area (Å²) in [6, 6.07) is 0. The average molecular weight is 457 g/mol. The first-order valence-corrected chi connectivity index (χ1v) is 14.5. The van der Waals surface area contributed by atoms with Gasteiger partial charge in [-0.3, -0.25) is 4.79 Å². The Morgan fingerprint density at radius 3 is 1.82 bits per heavy atom. The number of carbonyl (C=O) groups is 1. The highest BCUT2D eigenvalue weighted by Crippen LogP contribution is 2.26. The summed E-state index contributed by atoms with van der Waals surface area (Å²) in [7, 11) is 0. The van der Waals surface area contributed by atoms with Crippen LogP contribution >= 0.6 is 0 Å². The van der Waals surface area contributed by atoms with Crippen molar-refractivity contribution >= 4 is 5.78 Å². The van der Waals surface area contributed by atoms with Gasteiger partial charge in [0.1, 0.15) is 5.78 Å². The van der Waals surface area contributed by atoms with Gasteiger partial charge in [-0.15, -0.1) is 0 Å². The maximum atomic E-state index is 12.7. The van der Waals surface area contributed by atoms with Gasteiger partial charge in [0, 0.05) is 12.8 Å². The van der Waals surface area contributed by atoms with Gasteiger partial charge in [-0.05, 0) is 65.2 Å². The summed E-state index contributed by atoms with van der Waals surface area (Å²) < 4.78 is 0. The van der Waals surface area contributed by atoms with Crippen molar-refractivity contribution in [3.05, 3.63) is 34.9 Å². The largest absolute Gasteiger partial charge is 0.300 e. The number of hydrogen-bond donors (Lipinski definition) is 0. The van der Waals surface area contributed by atoms with E-state index in [4.69, 9.17) is 0 Å². The molecule has 0 radical (unpaired) electrons. The molecule has 0 heterocycles. The van der Waals surface area contributed by atoms with Crippen molar-refractivity contribution in [3.8, 4) is 0 Å². The number of Topliss-reactive ketones (excluding diaryl/α,β-unsaturated/α-hetero) is 1. The summed E-state index contributed by atoms with van der Waals surface area (Å²) in [5.41, 5.74) is 4.37. The lowest BCUT2D eigenvalue weighted by atomic mass is 9.86. The average Bonchev–Trinajstić information content (AvgIpc) is 2.80. The molecule has 1 aliphatic carbocycles. The van der Waals surface area contributed by atoms with Crippen molar-refractivity contribution in [1.29, 1.82) is 0 Å². The molecule has 0 amide bonds. The molecule has 190 valence electrons. The molecule has 1 unspecified atom stereocenters. The minimum atomic E-state index is 0.426. The zero-order valence-electron chi connectivity index (χ0n) is 22.9. The molecule has 1 heteroatoms. The summed E-state index contributed by atoms with van der Waals surface area (Å²) in [4.78, 5) is 12.7. The molecule has 0 bridgehead atoms. The summed E-state index contributed by atoms with van der Waals surface area (Å²) >= 11 is 0. The molecule has 0 aliphatic heterocycles. The van der Waals surface area contributed by atoms with E-state index < -0.39 is 0 Å². The number of carbonyl (C=O) groups excluding carboxylic acids is 1. The van der Waals surface area contributed by atoms with Gasteiger partial charge >= 0.3 is 0 Å². The van der Waals surface area contributed by atoms with Crippen LogP contribution in [0, 0.1) is 5.92 Å². The first kappa shape index (κ1) is 29.9. The minimum absolute atomic E-state index is 0.426. The molecular formula is C32H56O. The van der Waals surface area contributed by atoms with Crippen molar-refractivity contribution in [2.24, 2.45) is 5.92 Å². The minimum Gasteiger partial charge on any atom is -0.300 e. The van der Waals surface area contributed by atoms with Crippen LogP contribution in [-0.4, -0.2) is 5.78 Å². The van der Waals surface area contributed by atoms with Crippen molar-refractivity contribution < 1.29 is 4.79 Å². The van der Waals surface area contributed by atoms with Crippen LogP contribution in [0.25, 0.3) is 0 Å². The molecule has 0 aromatic carbocycles. The third-order valence-corrected chi connectivity index (χ3v) is 7.46. The van der Waals surface area contributed by atoms with Crippen LogP contribution in [0.5, 0.6) is 0 Å². The van der Waals surface area contributed by atoms with E-state index in [2.05, 4.69) is 45.9 Å². The first-order chi connectivity index (χ1) is 16.0. The molecule has 1 atom stereocenters. The molecule has 33 heavy (non-hydrogen) atoms. The fourth-order valence-corrected chi connectivity index (χ4v) is 4.94. The van der Waals surface area contributed by atoms with Gasteiger partial charge < -0.3 is 0 Å². The number of hydrogen-bond acceptors (Lipinski definition) is 1. The van der Waals surface area contributed by atoms with E-state index in [1.54, 1.807) is 0 Å². The lowest BCUT2D eigenvalue weighted by molar-refractivity contribution is -0.119. The van der Waals surface area contributed by atoms with Gasteiger partial charge in [0.05, 0.1) is 0 Å². The Bertz CT molecular complexity index is 592. The van der Waals surface area contributed by atoms with E-state index in [9.17, 15) is 4.79 Å². The zero-order valence-corrected chi connectivity index (χ0v) is 22.9. The van der Waals surface area contributed by atoms with Crippen LogP contribution < -0.4 is 0 Å². The van der Waals surface area contributed by atoms with Crippen LogP contribution in [0.15, 0.2) is 34.9 Å². The molecule has 0 aromatic heterocycles. The van der Waals surface area contributed by atoms with E-state index in [0.717, 1.165) is 51.4 Å². The summed E-state index contributed by atoms with van der Waals surface area (Å²) in [6.07, 6.45) is 32.0. The maximum Gasteiger partial charge on any atom is 0.133 e. The van der Waals surface area contributed by atoms with E-state index >= 15 is 0 Å². The fraction of sp³-hybridized carbons (Fsp3) is 0.781. The van der Waals surface area contributed by atoms with E-state index in [1.165, 1.54) is 93.8 Å². The predicted molar refractivity (Wildman–Crippen MR) is 148 cm³/mol. The molecule has 0 fully saturated rings. The molecule has 0 aromatic rings. The topological polar surface area (TPSA) is 17.1 Å². The second kappa shape index (κ2) is 20.3. The number of allylic oxidation sites excluding steroid dienone is 6. The Hall–Kier alpha value is -1.11. The first-order valence-electron chi connectivity index (χ1n) is 14.5. The monoisotopic (exact) mass is 456 g/mol. The van der Waals surface area contributed by atoms with Crippen LogP contribution in [0.3, 0.4) is 0 Å². The van der Waals surface area contributed by atoms with Crippen molar-refractivity contribution in [2.45, 2.75) is 156 Å². The smallest absolute Gasteiger partial charge is 0.133 e. The van der Waals surface area contributed by atoms with E-state index in [0.29, 0.717) is 11.7 Å². The molecule has 1 nitrogen and oxygen atoms in total. The Kier molecular flexibility index (Phi) is 18.4. The standard InChI is InChI=1S/C32H56O/c1-5-6-7-8-9-10-11-12-13-14-15-16-17-22-32(33)27-31-26-24-29(3)21-19-18-20-28(2)23-25-30(31)4/h20-21,25,31H,5-19,22-24,26-27H2,1-4H3/b28-20+,29-21+,30-25+. The molecule has 0 saturated heterocycles. The Morgan fingerprint density at radius 1 is 0.727 bits per heavy atom. The van der Waals surface area contributed by atoms with Gasteiger partial charge in [0.25, 0.3) is 0 Å². The summed E-state index contributed by atoms with van der Waals surface area (Å²) in [5.74, 6) is 0.909. The quantitative estimate of drug-likeness (QED) is 0.167. The highest BCUT2D eigenvalue weighted by Gasteiger charge is 2.16. The zero-order chi connectivity index (χ0) is 24.2. The SMILES string of the molecule is CCCCCCCCCCCCCCCC(=O)CC1CC/C(C)=C/CC/C=C(\C)C/C=C/1C. The van der Waals surface area contributed by atoms with Gasteiger partial charge in [-0.2, -0.15) is 0 Å². The second-order valence-corrected chi connectivity index (χ2v) is 10.8. The number of rotatable bonds is 16. The third-order valence-electron chi connectivity index (χ3n) is 7.46. The van der Waals surface area contributed by atoms with Crippen molar-refractivity contribution in [1.82, 2.24) is 0 Å². The van der Waals surface area contributed by atoms with Gasteiger partial charge in [-0.1, -0.05) is 119 Å². The second-order valence-electron chi connectivity index (χ2n) is 10.8. The summed E-state index contributed by atoms with van der Waals surface area (Å²) in [6.45, 7) is 9.03. The van der Waals surface area contributed by atoms with Crippen LogP contribution in [0.1, 0.15) is 156 Å². The predicted octanol–water partition coefficient (Wildman–Crippen LogP) is 10.8. The molecule has 0 spiro atoms. The van der Waals surface area contributed by atoms with Gasteiger partial charge in [-0.25, -0.2) is 0 Å². The third kappa shape index (κ3) is 17.0. The summed E-state index contributed by atoms with van der Waals surface area (Å²) in [5, 5.41) is 0. The molecule has 0 saturated carbocycles. The lowest BCUT2D eigenvalue weighted by Gasteiger charge is -2.18. The highest BCUT2D eigenvalue weighted by atomic mass is 16.1. The normalized spacial score (nSPS) is 22.8.